The number of hydrogen-bond acceptors (Lipinski definition) is 6. The Labute approximate surface area is 205 Å². The highest BCUT2D eigenvalue weighted by atomic mass is 32.1. The fraction of sp³-hybridized carbons (Fsp3) is 0.429. The third-order valence-corrected chi connectivity index (χ3v) is 7.75. The third kappa shape index (κ3) is 4.89. The molecule has 1 atom stereocenters. The molecule has 0 unspecified atom stereocenters. The Balaban J connectivity index is 1.38. The number of morpholine rings is 1. The summed E-state index contributed by atoms with van der Waals surface area (Å²) in [5, 5.41) is 0.963. The van der Waals surface area contributed by atoms with Crippen molar-refractivity contribution in [3.63, 3.8) is 0 Å². The van der Waals surface area contributed by atoms with Gasteiger partial charge in [-0.3, -0.25) is 4.79 Å². The van der Waals surface area contributed by atoms with Crippen LogP contribution in [-0.4, -0.2) is 43.2 Å². The van der Waals surface area contributed by atoms with E-state index < -0.39 is 0 Å². The molecule has 1 aromatic heterocycles. The van der Waals surface area contributed by atoms with Crippen molar-refractivity contribution in [1.29, 1.82) is 0 Å². The lowest BCUT2D eigenvalue weighted by Crippen LogP contribution is -2.46. The molecule has 2 aromatic carbocycles. The summed E-state index contributed by atoms with van der Waals surface area (Å²) in [5.41, 5.74) is 4.55. The van der Waals surface area contributed by atoms with Gasteiger partial charge < -0.3 is 14.4 Å². The van der Waals surface area contributed by atoms with Crippen molar-refractivity contribution in [3.8, 4) is 16.9 Å². The van der Waals surface area contributed by atoms with Crippen LogP contribution in [0.5, 0.6) is 5.75 Å². The smallest absolute Gasteiger partial charge is 0.186 e. The molecule has 6 heteroatoms. The van der Waals surface area contributed by atoms with Crippen LogP contribution in [0.2, 0.25) is 0 Å². The molecule has 2 aliphatic rings. The van der Waals surface area contributed by atoms with E-state index >= 15 is 0 Å². The maximum Gasteiger partial charge on any atom is 0.186 e. The average molecular weight is 477 g/mol. The van der Waals surface area contributed by atoms with Gasteiger partial charge in [0.2, 0.25) is 0 Å². The molecular weight excluding hydrogens is 444 g/mol. The zero-order valence-corrected chi connectivity index (χ0v) is 21.0. The van der Waals surface area contributed by atoms with Crippen molar-refractivity contribution >= 4 is 22.3 Å². The van der Waals surface area contributed by atoms with Crippen LogP contribution >= 0.6 is 11.3 Å². The van der Waals surface area contributed by atoms with E-state index in [1.54, 1.807) is 11.3 Å². The van der Waals surface area contributed by atoms with Gasteiger partial charge in [0.05, 0.1) is 36.4 Å². The Kier molecular flexibility index (Phi) is 6.45. The number of hydrogen-bond donors (Lipinski definition) is 0. The molecule has 34 heavy (non-hydrogen) atoms. The number of rotatable bonds is 6. The van der Waals surface area contributed by atoms with E-state index in [4.69, 9.17) is 14.5 Å². The number of carbonyl (C=O) groups excluding carboxylic acids is 1. The van der Waals surface area contributed by atoms with Crippen LogP contribution in [0.4, 0.5) is 5.13 Å². The average Bonchev–Trinajstić information content (AvgIpc) is 3.23. The summed E-state index contributed by atoms with van der Waals surface area (Å²) in [5.74, 6) is 1.13. The van der Waals surface area contributed by atoms with E-state index in [0.29, 0.717) is 26.2 Å². The molecule has 0 radical (unpaired) electrons. The lowest BCUT2D eigenvalue weighted by molar-refractivity contribution is 0.0915. The quantitative estimate of drug-likeness (QED) is 0.449. The standard InChI is InChI=1S/C28H32N2O3S/c1-4-33-23-10-6-9-21(15-23)20-8-5-7-19(13-20)14-22-18-32-12-11-30(22)27-29-24-16-28(2,3)17-25(31)26(24)34-27/h5-10,13,15,22H,4,11-12,14,16-18H2,1-3H3/t22-/m0/s1. The summed E-state index contributed by atoms with van der Waals surface area (Å²) in [6.45, 7) is 9.11. The van der Waals surface area contributed by atoms with Crippen LogP contribution < -0.4 is 9.64 Å². The zero-order chi connectivity index (χ0) is 23.7. The zero-order valence-electron chi connectivity index (χ0n) is 20.2. The summed E-state index contributed by atoms with van der Waals surface area (Å²) >= 11 is 1.57. The molecule has 0 bridgehead atoms. The fourth-order valence-electron chi connectivity index (χ4n) is 4.99. The number of carbonyl (C=O) groups is 1. The Morgan fingerprint density at radius 2 is 1.94 bits per heavy atom. The minimum atomic E-state index is -0.0141. The lowest BCUT2D eigenvalue weighted by atomic mass is 9.78. The highest BCUT2D eigenvalue weighted by molar-refractivity contribution is 7.17. The first-order chi connectivity index (χ1) is 16.4. The maximum atomic E-state index is 12.7. The molecule has 0 spiro atoms. The monoisotopic (exact) mass is 476 g/mol. The number of Topliss-reactive ketones (excluding diaryl/α,β-unsaturated/α-hetero) is 1. The molecule has 3 aromatic rings. The number of benzene rings is 2. The predicted octanol–water partition coefficient (Wildman–Crippen LogP) is 5.81. The largest absolute Gasteiger partial charge is 0.494 e. The van der Waals surface area contributed by atoms with E-state index in [1.165, 1.54) is 11.1 Å². The molecule has 1 fully saturated rings. The molecule has 2 heterocycles. The summed E-state index contributed by atoms with van der Waals surface area (Å²) in [6, 6.07) is 17.1. The number of nitrogens with zero attached hydrogens (tertiary/aromatic N) is 2. The number of ketones is 1. The predicted molar refractivity (Wildman–Crippen MR) is 137 cm³/mol. The number of aromatic nitrogens is 1. The highest BCUT2D eigenvalue weighted by Gasteiger charge is 2.36. The second-order valence-corrected chi connectivity index (χ2v) is 11.0. The lowest BCUT2D eigenvalue weighted by Gasteiger charge is -2.35. The van der Waals surface area contributed by atoms with Crippen molar-refractivity contribution in [3.05, 3.63) is 64.7 Å². The Morgan fingerprint density at radius 1 is 1.15 bits per heavy atom. The van der Waals surface area contributed by atoms with Crippen LogP contribution in [0, 0.1) is 5.41 Å². The molecule has 1 aliphatic heterocycles. The van der Waals surface area contributed by atoms with Gasteiger partial charge in [0.25, 0.3) is 0 Å². The van der Waals surface area contributed by atoms with Crippen LogP contribution in [0.3, 0.4) is 0 Å². The highest BCUT2D eigenvalue weighted by Crippen LogP contribution is 2.40. The summed E-state index contributed by atoms with van der Waals surface area (Å²) < 4.78 is 11.6. The summed E-state index contributed by atoms with van der Waals surface area (Å²) in [7, 11) is 0. The van der Waals surface area contributed by atoms with Crippen LogP contribution in [0.15, 0.2) is 48.5 Å². The first-order valence-electron chi connectivity index (χ1n) is 12.1. The molecule has 1 saturated heterocycles. The van der Waals surface area contributed by atoms with Gasteiger partial charge in [-0.25, -0.2) is 4.98 Å². The van der Waals surface area contributed by atoms with Gasteiger partial charge >= 0.3 is 0 Å². The Bertz CT molecular complexity index is 1190. The van der Waals surface area contributed by atoms with Crippen molar-refractivity contribution in [1.82, 2.24) is 4.98 Å². The molecule has 0 N–H and O–H groups in total. The summed E-state index contributed by atoms with van der Waals surface area (Å²) in [4.78, 5) is 20.9. The van der Waals surface area contributed by atoms with Crippen molar-refractivity contribution in [2.45, 2.75) is 46.1 Å². The molecule has 0 saturated carbocycles. The molecule has 0 amide bonds. The molecule has 1 aliphatic carbocycles. The minimum absolute atomic E-state index is 0.0141. The van der Waals surface area contributed by atoms with Gasteiger partial charge in [0.1, 0.15) is 5.75 Å². The molecular formula is C28H32N2O3S. The van der Waals surface area contributed by atoms with E-state index in [1.807, 2.05) is 19.1 Å². The Hall–Kier alpha value is -2.70. The van der Waals surface area contributed by atoms with Gasteiger partial charge in [-0.1, -0.05) is 61.6 Å². The second-order valence-electron chi connectivity index (χ2n) is 10.0. The van der Waals surface area contributed by atoms with Crippen LogP contribution in [0.25, 0.3) is 11.1 Å². The second kappa shape index (κ2) is 9.51. The van der Waals surface area contributed by atoms with Crippen LogP contribution in [-0.2, 0) is 17.6 Å². The van der Waals surface area contributed by atoms with Gasteiger partial charge in [-0.15, -0.1) is 0 Å². The SMILES string of the molecule is CCOc1cccc(-c2cccc(C[C@H]3COCCN3c3nc4c(s3)C(=O)CC(C)(C)C4)c2)c1. The van der Waals surface area contributed by atoms with Gasteiger partial charge in [-0.05, 0) is 54.0 Å². The van der Waals surface area contributed by atoms with Gasteiger partial charge in [0.15, 0.2) is 10.9 Å². The number of fused-ring (bicyclic) bond motifs is 1. The first kappa shape index (κ1) is 23.1. The van der Waals surface area contributed by atoms with Gasteiger partial charge in [0, 0.05) is 13.0 Å². The van der Waals surface area contributed by atoms with E-state index in [2.05, 4.69) is 55.1 Å². The van der Waals surface area contributed by atoms with Crippen molar-refractivity contribution in [2.75, 3.05) is 31.3 Å². The van der Waals surface area contributed by atoms with E-state index in [9.17, 15) is 4.79 Å². The first-order valence-corrected chi connectivity index (χ1v) is 12.9. The Morgan fingerprint density at radius 3 is 2.76 bits per heavy atom. The van der Waals surface area contributed by atoms with Crippen molar-refractivity contribution in [2.24, 2.45) is 5.41 Å². The maximum absolute atomic E-state index is 12.7. The van der Waals surface area contributed by atoms with Gasteiger partial charge in [-0.2, -0.15) is 0 Å². The van der Waals surface area contributed by atoms with Crippen LogP contribution in [0.1, 0.15) is 48.1 Å². The number of anilines is 1. The minimum Gasteiger partial charge on any atom is -0.494 e. The van der Waals surface area contributed by atoms with E-state index in [0.717, 1.165) is 46.4 Å². The third-order valence-electron chi connectivity index (χ3n) is 6.57. The molecule has 178 valence electrons. The fourth-order valence-corrected chi connectivity index (χ4v) is 6.11. The summed E-state index contributed by atoms with van der Waals surface area (Å²) in [6.07, 6.45) is 2.33. The van der Waals surface area contributed by atoms with E-state index in [-0.39, 0.29) is 17.2 Å². The normalized spacial score (nSPS) is 19.7. The number of ether oxygens (including phenoxy) is 2. The van der Waals surface area contributed by atoms with Crippen molar-refractivity contribution < 1.29 is 14.3 Å². The topological polar surface area (TPSA) is 51.7 Å². The number of thiazole rings is 1. The molecule has 5 nitrogen and oxygen atoms in total. The molecule has 5 rings (SSSR count).